The van der Waals surface area contributed by atoms with E-state index >= 15 is 0 Å². The fourth-order valence-electron chi connectivity index (χ4n) is 3.29. The monoisotopic (exact) mass is 460 g/mol. The van der Waals surface area contributed by atoms with Gasteiger partial charge in [-0.25, -0.2) is 0 Å². The van der Waals surface area contributed by atoms with Gasteiger partial charge in [0.2, 0.25) is 0 Å². The molecule has 3 heterocycles. The summed E-state index contributed by atoms with van der Waals surface area (Å²) < 4.78 is 11.7. The standard InChI is InChI=1S/C18H28N4O2.HI/c1-14-5-6-15(12-21-14)7-8-20-18(19-2)22-9-11-24-17(13-22)16-4-3-10-23-16;/h5-6,12,16-17H,3-4,7-11,13H2,1-2H3,(H,19,20);1H. The van der Waals surface area contributed by atoms with E-state index in [4.69, 9.17) is 9.47 Å². The maximum absolute atomic E-state index is 5.91. The summed E-state index contributed by atoms with van der Waals surface area (Å²) in [7, 11) is 1.84. The average Bonchev–Trinajstić information content (AvgIpc) is 3.15. The normalized spacial score (nSPS) is 24.1. The Balaban J connectivity index is 0.00000225. The lowest BCUT2D eigenvalue weighted by Gasteiger charge is -2.37. The van der Waals surface area contributed by atoms with Crippen molar-refractivity contribution in [3.05, 3.63) is 29.6 Å². The molecule has 6 nitrogen and oxygen atoms in total. The van der Waals surface area contributed by atoms with Crippen LogP contribution < -0.4 is 5.32 Å². The second kappa shape index (κ2) is 10.3. The first kappa shape index (κ1) is 20.4. The lowest BCUT2D eigenvalue weighted by Crippen LogP contribution is -2.53. The summed E-state index contributed by atoms with van der Waals surface area (Å²) in [5.41, 5.74) is 2.29. The lowest BCUT2D eigenvalue weighted by atomic mass is 10.1. The van der Waals surface area contributed by atoms with Crippen LogP contribution in [0.5, 0.6) is 0 Å². The molecule has 2 fully saturated rings. The van der Waals surface area contributed by atoms with Crippen LogP contribution in [0.15, 0.2) is 23.3 Å². The zero-order valence-corrected chi connectivity index (χ0v) is 17.4. The van der Waals surface area contributed by atoms with Crippen molar-refractivity contribution in [3.8, 4) is 0 Å². The third-order valence-corrected chi connectivity index (χ3v) is 4.65. The van der Waals surface area contributed by atoms with Crippen molar-refractivity contribution < 1.29 is 9.47 Å². The van der Waals surface area contributed by atoms with E-state index in [-0.39, 0.29) is 36.2 Å². The molecule has 1 aromatic heterocycles. The molecular formula is C18H29IN4O2. The van der Waals surface area contributed by atoms with E-state index in [1.165, 1.54) is 5.56 Å². The maximum atomic E-state index is 5.91. The highest BCUT2D eigenvalue weighted by Gasteiger charge is 2.32. The molecule has 2 aliphatic rings. The number of morpholine rings is 1. The zero-order chi connectivity index (χ0) is 16.8. The van der Waals surface area contributed by atoms with Crippen molar-refractivity contribution in [1.29, 1.82) is 0 Å². The fourth-order valence-corrected chi connectivity index (χ4v) is 3.29. The van der Waals surface area contributed by atoms with Crippen LogP contribution in [0.1, 0.15) is 24.1 Å². The van der Waals surface area contributed by atoms with Crippen LogP contribution in [-0.2, 0) is 15.9 Å². The van der Waals surface area contributed by atoms with Gasteiger partial charge in [0.25, 0.3) is 0 Å². The van der Waals surface area contributed by atoms with E-state index in [0.717, 1.165) is 63.8 Å². The topological polar surface area (TPSA) is 59.0 Å². The summed E-state index contributed by atoms with van der Waals surface area (Å²) in [6.45, 7) is 6.16. The summed E-state index contributed by atoms with van der Waals surface area (Å²) in [6, 6.07) is 4.19. The van der Waals surface area contributed by atoms with Gasteiger partial charge < -0.3 is 19.7 Å². The Bertz CT molecular complexity index is 547. The largest absolute Gasteiger partial charge is 0.375 e. The summed E-state index contributed by atoms with van der Waals surface area (Å²) >= 11 is 0. The first-order valence-corrected chi connectivity index (χ1v) is 8.86. The molecule has 2 atom stereocenters. The summed E-state index contributed by atoms with van der Waals surface area (Å²) in [6.07, 6.45) is 5.52. The number of aliphatic imine (C=N–C) groups is 1. The molecule has 2 unspecified atom stereocenters. The van der Waals surface area contributed by atoms with Crippen LogP contribution >= 0.6 is 24.0 Å². The predicted molar refractivity (Wildman–Crippen MR) is 110 cm³/mol. The molecule has 0 bridgehead atoms. The smallest absolute Gasteiger partial charge is 0.193 e. The van der Waals surface area contributed by atoms with Crippen LogP contribution in [0.3, 0.4) is 0 Å². The Hall–Kier alpha value is -0.930. The van der Waals surface area contributed by atoms with Gasteiger partial charge in [-0.2, -0.15) is 0 Å². The second-order valence-electron chi connectivity index (χ2n) is 6.44. The number of aromatic nitrogens is 1. The zero-order valence-electron chi connectivity index (χ0n) is 15.1. The first-order chi connectivity index (χ1) is 11.8. The van der Waals surface area contributed by atoms with E-state index in [2.05, 4.69) is 32.3 Å². The van der Waals surface area contributed by atoms with Crippen LogP contribution in [0.4, 0.5) is 0 Å². The van der Waals surface area contributed by atoms with E-state index < -0.39 is 0 Å². The van der Waals surface area contributed by atoms with Crippen LogP contribution in [-0.4, -0.2) is 67.9 Å². The number of pyridine rings is 1. The van der Waals surface area contributed by atoms with Gasteiger partial charge in [-0.1, -0.05) is 6.07 Å². The van der Waals surface area contributed by atoms with Gasteiger partial charge in [-0.15, -0.1) is 24.0 Å². The Morgan fingerprint density at radius 2 is 2.16 bits per heavy atom. The van der Waals surface area contributed by atoms with E-state index in [1.807, 2.05) is 20.2 Å². The van der Waals surface area contributed by atoms with Gasteiger partial charge >= 0.3 is 0 Å². The minimum absolute atomic E-state index is 0. The van der Waals surface area contributed by atoms with Gasteiger partial charge in [-0.05, 0) is 37.8 Å². The molecule has 140 valence electrons. The highest BCUT2D eigenvalue weighted by molar-refractivity contribution is 14.0. The number of hydrogen-bond donors (Lipinski definition) is 1. The quantitative estimate of drug-likeness (QED) is 0.423. The Kier molecular flexibility index (Phi) is 8.38. The highest BCUT2D eigenvalue weighted by atomic mass is 127. The molecule has 0 aromatic carbocycles. The third kappa shape index (κ3) is 5.79. The number of hydrogen-bond acceptors (Lipinski definition) is 4. The summed E-state index contributed by atoms with van der Waals surface area (Å²) in [5, 5.41) is 3.47. The van der Waals surface area contributed by atoms with E-state index in [1.54, 1.807) is 0 Å². The van der Waals surface area contributed by atoms with Gasteiger partial charge in [0.1, 0.15) is 6.10 Å². The molecule has 2 aliphatic heterocycles. The molecule has 0 aliphatic carbocycles. The average molecular weight is 460 g/mol. The molecule has 3 rings (SSSR count). The molecule has 0 radical (unpaired) electrons. The molecule has 1 aromatic rings. The minimum Gasteiger partial charge on any atom is -0.375 e. The SMILES string of the molecule is CN=C(NCCc1ccc(C)nc1)N1CCOC(C2CCCO2)C1.I. The van der Waals surface area contributed by atoms with Gasteiger partial charge in [0.05, 0.1) is 12.7 Å². The first-order valence-electron chi connectivity index (χ1n) is 8.86. The molecular weight excluding hydrogens is 431 g/mol. The van der Waals surface area contributed by atoms with E-state index in [0.29, 0.717) is 0 Å². The molecule has 1 N–H and O–H groups in total. The molecule has 7 heteroatoms. The molecule has 0 amide bonds. The third-order valence-electron chi connectivity index (χ3n) is 4.65. The van der Waals surface area contributed by atoms with Gasteiger partial charge in [-0.3, -0.25) is 9.98 Å². The number of nitrogens with zero attached hydrogens (tertiary/aromatic N) is 3. The van der Waals surface area contributed by atoms with Crippen molar-refractivity contribution in [2.24, 2.45) is 4.99 Å². The molecule has 25 heavy (non-hydrogen) atoms. The number of rotatable bonds is 4. The van der Waals surface area contributed by atoms with Gasteiger partial charge in [0.15, 0.2) is 5.96 Å². The van der Waals surface area contributed by atoms with Crippen molar-refractivity contribution in [1.82, 2.24) is 15.2 Å². The van der Waals surface area contributed by atoms with Crippen LogP contribution in [0, 0.1) is 6.92 Å². The lowest BCUT2D eigenvalue weighted by molar-refractivity contribution is -0.0816. The van der Waals surface area contributed by atoms with E-state index in [9.17, 15) is 0 Å². The predicted octanol–water partition coefficient (Wildman–Crippen LogP) is 2.01. The van der Waals surface area contributed by atoms with Crippen molar-refractivity contribution in [2.75, 3.05) is 39.9 Å². The van der Waals surface area contributed by atoms with Crippen molar-refractivity contribution >= 4 is 29.9 Å². The van der Waals surface area contributed by atoms with Crippen LogP contribution in [0.2, 0.25) is 0 Å². The number of nitrogens with one attached hydrogen (secondary N) is 1. The Morgan fingerprint density at radius 3 is 2.84 bits per heavy atom. The van der Waals surface area contributed by atoms with Gasteiger partial charge in [0, 0.05) is 45.2 Å². The molecule has 0 spiro atoms. The fraction of sp³-hybridized carbons (Fsp3) is 0.667. The van der Waals surface area contributed by atoms with Crippen molar-refractivity contribution in [2.45, 2.75) is 38.4 Å². The summed E-state index contributed by atoms with van der Waals surface area (Å²) in [4.78, 5) is 11.1. The number of guanidine groups is 1. The summed E-state index contributed by atoms with van der Waals surface area (Å²) in [5.74, 6) is 0.946. The highest BCUT2D eigenvalue weighted by Crippen LogP contribution is 2.21. The minimum atomic E-state index is 0. The molecule has 2 saturated heterocycles. The number of ether oxygens (including phenoxy) is 2. The molecule has 0 saturated carbocycles. The number of halogens is 1. The number of aryl methyl sites for hydroxylation is 1. The van der Waals surface area contributed by atoms with Crippen LogP contribution in [0.25, 0.3) is 0 Å². The Morgan fingerprint density at radius 1 is 1.32 bits per heavy atom. The Labute approximate surface area is 167 Å². The van der Waals surface area contributed by atoms with Crippen molar-refractivity contribution in [3.63, 3.8) is 0 Å². The maximum Gasteiger partial charge on any atom is 0.193 e. The second-order valence-corrected chi connectivity index (χ2v) is 6.44.